The Morgan fingerprint density at radius 2 is 1.92 bits per heavy atom. The standard InChI is InChI=1S/C20H20F2N2OS/c1-12-7-8-17(13-5-3-4-6-18(13)25-2)24(11-12)20-23-16-9-14(21)15(22)10-19(16)26-20/h3-6,9-10,12,17H,7-8,11H2,1-2H3. The summed E-state index contributed by atoms with van der Waals surface area (Å²) in [6.45, 7) is 3.08. The summed E-state index contributed by atoms with van der Waals surface area (Å²) < 4.78 is 33.4. The number of piperidine rings is 1. The van der Waals surface area contributed by atoms with Crippen LogP contribution in [0.4, 0.5) is 13.9 Å². The summed E-state index contributed by atoms with van der Waals surface area (Å²) in [7, 11) is 1.68. The first-order chi connectivity index (χ1) is 12.6. The summed E-state index contributed by atoms with van der Waals surface area (Å²) in [5.41, 5.74) is 1.62. The van der Waals surface area contributed by atoms with Crippen molar-refractivity contribution in [3.05, 3.63) is 53.6 Å². The first kappa shape index (κ1) is 17.2. The van der Waals surface area contributed by atoms with Crippen LogP contribution in [0.25, 0.3) is 10.2 Å². The van der Waals surface area contributed by atoms with E-state index < -0.39 is 11.6 Å². The fraction of sp³-hybridized carbons (Fsp3) is 0.350. The van der Waals surface area contributed by atoms with E-state index in [0.29, 0.717) is 16.1 Å². The average molecular weight is 374 g/mol. The maximum Gasteiger partial charge on any atom is 0.186 e. The molecule has 3 aromatic rings. The first-order valence-electron chi connectivity index (χ1n) is 8.72. The van der Waals surface area contributed by atoms with Gasteiger partial charge in [-0.2, -0.15) is 0 Å². The van der Waals surface area contributed by atoms with Gasteiger partial charge in [0.05, 0.1) is 23.4 Å². The molecule has 0 saturated carbocycles. The van der Waals surface area contributed by atoms with Crippen LogP contribution in [0.5, 0.6) is 5.75 Å². The SMILES string of the molecule is COc1ccccc1C1CCC(C)CN1c1nc2cc(F)c(F)cc2s1. The minimum Gasteiger partial charge on any atom is -0.496 e. The molecule has 1 saturated heterocycles. The molecule has 2 heterocycles. The molecule has 0 bridgehead atoms. The van der Waals surface area contributed by atoms with Gasteiger partial charge in [0.1, 0.15) is 5.75 Å². The number of fused-ring (bicyclic) bond motifs is 1. The van der Waals surface area contributed by atoms with Gasteiger partial charge in [-0.05, 0) is 30.9 Å². The molecular weight excluding hydrogens is 354 g/mol. The van der Waals surface area contributed by atoms with Crippen molar-refractivity contribution in [3.8, 4) is 5.75 Å². The number of thiazole rings is 1. The number of aromatic nitrogens is 1. The van der Waals surface area contributed by atoms with Gasteiger partial charge in [-0.3, -0.25) is 0 Å². The monoisotopic (exact) mass is 374 g/mol. The predicted molar refractivity (Wildman–Crippen MR) is 101 cm³/mol. The molecule has 2 atom stereocenters. The Balaban J connectivity index is 1.78. The summed E-state index contributed by atoms with van der Waals surface area (Å²) >= 11 is 1.41. The molecule has 0 radical (unpaired) electrons. The molecule has 6 heteroatoms. The van der Waals surface area contributed by atoms with Gasteiger partial charge in [-0.15, -0.1) is 0 Å². The van der Waals surface area contributed by atoms with Crippen LogP contribution in [0, 0.1) is 17.6 Å². The van der Waals surface area contributed by atoms with Crippen LogP contribution < -0.4 is 9.64 Å². The van der Waals surface area contributed by atoms with E-state index in [4.69, 9.17) is 4.74 Å². The molecule has 2 unspecified atom stereocenters. The number of rotatable bonds is 3. The maximum absolute atomic E-state index is 13.6. The van der Waals surface area contributed by atoms with E-state index in [-0.39, 0.29) is 6.04 Å². The zero-order valence-electron chi connectivity index (χ0n) is 14.7. The Labute approximate surface area is 155 Å². The van der Waals surface area contributed by atoms with E-state index in [1.807, 2.05) is 18.2 Å². The van der Waals surface area contributed by atoms with Crippen molar-refractivity contribution in [3.63, 3.8) is 0 Å². The fourth-order valence-electron chi connectivity index (χ4n) is 3.66. The van der Waals surface area contributed by atoms with Gasteiger partial charge in [0.15, 0.2) is 16.8 Å². The molecule has 136 valence electrons. The first-order valence-corrected chi connectivity index (χ1v) is 9.53. The molecule has 0 amide bonds. The van der Waals surface area contributed by atoms with Crippen molar-refractivity contribution in [1.29, 1.82) is 0 Å². The van der Waals surface area contributed by atoms with Gasteiger partial charge in [-0.25, -0.2) is 13.8 Å². The van der Waals surface area contributed by atoms with E-state index in [1.165, 1.54) is 23.5 Å². The molecule has 4 rings (SSSR count). The lowest BCUT2D eigenvalue weighted by Gasteiger charge is -2.39. The average Bonchev–Trinajstić information content (AvgIpc) is 3.04. The third-order valence-corrected chi connectivity index (χ3v) is 6.04. The van der Waals surface area contributed by atoms with Gasteiger partial charge in [0.25, 0.3) is 0 Å². The molecule has 1 aliphatic rings. The molecule has 26 heavy (non-hydrogen) atoms. The van der Waals surface area contributed by atoms with Crippen LogP contribution in [-0.4, -0.2) is 18.6 Å². The molecule has 0 spiro atoms. The molecule has 0 aliphatic carbocycles. The summed E-state index contributed by atoms with van der Waals surface area (Å²) in [5, 5.41) is 0.799. The lowest BCUT2D eigenvalue weighted by molar-refractivity contribution is 0.362. The largest absolute Gasteiger partial charge is 0.496 e. The number of anilines is 1. The second-order valence-corrected chi connectivity index (χ2v) is 7.83. The summed E-state index contributed by atoms with van der Waals surface area (Å²) in [6, 6.07) is 10.6. The van der Waals surface area contributed by atoms with Crippen LogP contribution in [0.3, 0.4) is 0 Å². The molecule has 1 aliphatic heterocycles. The van der Waals surface area contributed by atoms with E-state index >= 15 is 0 Å². The van der Waals surface area contributed by atoms with Crippen LogP contribution in [0.15, 0.2) is 36.4 Å². The van der Waals surface area contributed by atoms with Crippen molar-refractivity contribution in [2.24, 2.45) is 5.92 Å². The Hall–Kier alpha value is -2.21. The molecule has 2 aromatic carbocycles. The quantitative estimate of drug-likeness (QED) is 0.600. The van der Waals surface area contributed by atoms with Crippen LogP contribution >= 0.6 is 11.3 Å². The number of ether oxygens (including phenoxy) is 1. The van der Waals surface area contributed by atoms with Gasteiger partial charge in [-0.1, -0.05) is 36.5 Å². The third kappa shape index (κ3) is 3.03. The van der Waals surface area contributed by atoms with Gasteiger partial charge >= 0.3 is 0 Å². The highest BCUT2D eigenvalue weighted by Gasteiger charge is 2.31. The zero-order chi connectivity index (χ0) is 18.3. The summed E-state index contributed by atoms with van der Waals surface area (Å²) in [5.74, 6) is -0.305. The van der Waals surface area contributed by atoms with E-state index in [9.17, 15) is 8.78 Å². The highest BCUT2D eigenvalue weighted by Crippen LogP contribution is 2.42. The number of hydrogen-bond donors (Lipinski definition) is 0. The number of halogens is 2. The highest BCUT2D eigenvalue weighted by molar-refractivity contribution is 7.22. The second kappa shape index (κ2) is 6.83. The smallest absolute Gasteiger partial charge is 0.186 e. The topological polar surface area (TPSA) is 25.4 Å². The molecule has 1 fully saturated rings. The normalized spacial score (nSPS) is 20.5. The fourth-order valence-corrected chi connectivity index (χ4v) is 4.69. The molecule has 0 N–H and O–H groups in total. The minimum absolute atomic E-state index is 0.137. The number of nitrogens with zero attached hydrogens (tertiary/aromatic N) is 2. The number of methoxy groups -OCH3 is 1. The predicted octanol–water partition coefficient (Wildman–Crippen LogP) is 5.56. The third-order valence-electron chi connectivity index (χ3n) is 4.98. The highest BCUT2D eigenvalue weighted by atomic mass is 32.1. The van der Waals surface area contributed by atoms with Crippen molar-refractivity contribution in [1.82, 2.24) is 4.98 Å². The van der Waals surface area contributed by atoms with Crippen molar-refractivity contribution < 1.29 is 13.5 Å². The Kier molecular flexibility index (Phi) is 4.53. The van der Waals surface area contributed by atoms with E-state index in [2.05, 4.69) is 22.9 Å². The number of hydrogen-bond acceptors (Lipinski definition) is 4. The summed E-state index contributed by atoms with van der Waals surface area (Å²) in [4.78, 5) is 6.86. The summed E-state index contributed by atoms with van der Waals surface area (Å²) in [6.07, 6.45) is 2.10. The van der Waals surface area contributed by atoms with Gasteiger partial charge in [0.2, 0.25) is 0 Å². The number of para-hydroxylation sites is 1. The molecule has 1 aromatic heterocycles. The van der Waals surface area contributed by atoms with Crippen LogP contribution in [0.2, 0.25) is 0 Å². The van der Waals surface area contributed by atoms with Crippen molar-refractivity contribution in [2.75, 3.05) is 18.6 Å². The van der Waals surface area contributed by atoms with E-state index in [0.717, 1.165) is 35.8 Å². The molecule has 3 nitrogen and oxygen atoms in total. The molecular formula is C20H20F2N2OS. The number of benzene rings is 2. The Morgan fingerprint density at radius 3 is 2.73 bits per heavy atom. The van der Waals surface area contributed by atoms with Crippen LogP contribution in [0.1, 0.15) is 31.4 Å². The lowest BCUT2D eigenvalue weighted by Crippen LogP contribution is -2.37. The van der Waals surface area contributed by atoms with Gasteiger partial charge < -0.3 is 9.64 Å². The zero-order valence-corrected chi connectivity index (χ0v) is 15.5. The second-order valence-electron chi connectivity index (χ2n) is 6.82. The Morgan fingerprint density at radius 1 is 1.15 bits per heavy atom. The van der Waals surface area contributed by atoms with Crippen molar-refractivity contribution in [2.45, 2.75) is 25.8 Å². The van der Waals surface area contributed by atoms with Gasteiger partial charge in [0, 0.05) is 18.2 Å². The maximum atomic E-state index is 13.6. The Bertz CT molecular complexity index is 904. The van der Waals surface area contributed by atoms with Crippen molar-refractivity contribution >= 4 is 26.7 Å². The minimum atomic E-state index is -0.859. The van der Waals surface area contributed by atoms with Crippen LogP contribution in [-0.2, 0) is 0 Å². The lowest BCUT2D eigenvalue weighted by atomic mass is 9.90. The van der Waals surface area contributed by atoms with E-state index in [1.54, 1.807) is 7.11 Å².